The first-order valence-electron chi connectivity index (χ1n) is 8.55. The van der Waals surface area contributed by atoms with Crippen LogP contribution in [0.5, 0.6) is 0 Å². The van der Waals surface area contributed by atoms with Gasteiger partial charge in [0.05, 0.1) is 5.56 Å². The highest BCUT2D eigenvalue weighted by Crippen LogP contribution is 2.26. The lowest BCUT2D eigenvalue weighted by molar-refractivity contribution is 0.0467. The maximum atomic E-state index is 12.6. The van der Waals surface area contributed by atoms with E-state index in [-0.39, 0.29) is 34.9 Å². The van der Waals surface area contributed by atoms with Crippen molar-refractivity contribution in [1.82, 2.24) is 4.98 Å². The minimum Gasteiger partial charge on any atom is -0.457 e. The first-order chi connectivity index (χ1) is 14.0. The number of para-hydroxylation sites is 1. The second-order valence-corrected chi connectivity index (χ2v) is 6.81. The number of aromatic nitrogens is 1. The predicted octanol–water partition coefficient (Wildman–Crippen LogP) is 5.01. The molecule has 0 bridgehead atoms. The Morgan fingerprint density at radius 2 is 1.72 bits per heavy atom. The van der Waals surface area contributed by atoms with Crippen LogP contribution in [0.4, 0.5) is 14.5 Å². The molecule has 1 heterocycles. The van der Waals surface area contributed by atoms with E-state index in [1.54, 1.807) is 36.4 Å². The van der Waals surface area contributed by atoms with Crippen molar-refractivity contribution < 1.29 is 23.1 Å². The van der Waals surface area contributed by atoms with E-state index in [9.17, 15) is 18.4 Å². The molecule has 0 aliphatic heterocycles. The summed E-state index contributed by atoms with van der Waals surface area (Å²) in [4.78, 5) is 28.2. The highest BCUT2D eigenvalue weighted by molar-refractivity contribution is 7.99. The standard InChI is InChI=1S/C21H16F2N2O3S/c22-21(23)29-19-17(7-4-12-24-19)20(27)28-13-14-8-10-15(11-9-14)18(26)25-16-5-2-1-3-6-16/h1-12,21H,13H2,(H,25,26). The smallest absolute Gasteiger partial charge is 0.341 e. The van der Waals surface area contributed by atoms with Crippen LogP contribution in [-0.2, 0) is 11.3 Å². The van der Waals surface area contributed by atoms with Crippen molar-refractivity contribution in [2.45, 2.75) is 17.4 Å². The van der Waals surface area contributed by atoms with Crippen molar-refractivity contribution in [3.05, 3.63) is 89.6 Å². The number of halogens is 2. The zero-order valence-corrected chi connectivity index (χ0v) is 15.9. The Balaban J connectivity index is 1.59. The van der Waals surface area contributed by atoms with Gasteiger partial charge in [-0.3, -0.25) is 4.79 Å². The van der Waals surface area contributed by atoms with E-state index >= 15 is 0 Å². The molecule has 0 aliphatic carbocycles. The van der Waals surface area contributed by atoms with Crippen molar-refractivity contribution in [3.8, 4) is 0 Å². The zero-order chi connectivity index (χ0) is 20.6. The minimum absolute atomic E-state index is 0.0170. The lowest BCUT2D eigenvalue weighted by atomic mass is 10.1. The van der Waals surface area contributed by atoms with Gasteiger partial charge in [0.2, 0.25) is 0 Å². The molecule has 0 unspecified atom stereocenters. The predicted molar refractivity (Wildman–Crippen MR) is 106 cm³/mol. The van der Waals surface area contributed by atoms with Crippen LogP contribution < -0.4 is 5.32 Å². The van der Waals surface area contributed by atoms with Crippen molar-refractivity contribution in [2.75, 3.05) is 5.32 Å². The molecule has 5 nitrogen and oxygen atoms in total. The molecule has 3 rings (SSSR count). The maximum absolute atomic E-state index is 12.6. The van der Waals surface area contributed by atoms with Crippen LogP contribution in [0.25, 0.3) is 0 Å². The molecule has 0 atom stereocenters. The third-order valence-electron chi connectivity index (χ3n) is 3.81. The minimum atomic E-state index is -2.69. The van der Waals surface area contributed by atoms with Crippen LogP contribution in [0.1, 0.15) is 26.3 Å². The maximum Gasteiger partial charge on any atom is 0.341 e. The number of nitrogens with one attached hydrogen (secondary N) is 1. The molecule has 0 fully saturated rings. The molecule has 3 aromatic rings. The zero-order valence-electron chi connectivity index (χ0n) is 15.0. The molecule has 2 aromatic carbocycles. The number of alkyl halides is 2. The second-order valence-electron chi connectivity index (χ2n) is 5.83. The lowest BCUT2D eigenvalue weighted by Gasteiger charge is -2.09. The Hall–Kier alpha value is -3.26. The van der Waals surface area contributed by atoms with Crippen LogP contribution in [-0.4, -0.2) is 22.6 Å². The number of hydrogen-bond donors (Lipinski definition) is 1. The number of thioether (sulfide) groups is 1. The fourth-order valence-corrected chi connectivity index (χ4v) is 3.00. The number of benzene rings is 2. The van der Waals surface area contributed by atoms with Gasteiger partial charge >= 0.3 is 5.97 Å². The monoisotopic (exact) mass is 414 g/mol. The van der Waals surface area contributed by atoms with Gasteiger partial charge in [-0.15, -0.1) is 0 Å². The number of hydrogen-bond acceptors (Lipinski definition) is 5. The van der Waals surface area contributed by atoms with E-state index < -0.39 is 11.7 Å². The van der Waals surface area contributed by atoms with E-state index in [1.807, 2.05) is 18.2 Å². The molecular formula is C21H16F2N2O3S. The number of rotatable bonds is 7. The van der Waals surface area contributed by atoms with E-state index in [0.29, 0.717) is 16.8 Å². The third-order valence-corrected chi connectivity index (χ3v) is 4.54. The average molecular weight is 414 g/mol. The Labute approximate surface area is 170 Å². The van der Waals surface area contributed by atoms with Crippen molar-refractivity contribution in [2.24, 2.45) is 0 Å². The Bertz CT molecular complexity index is 983. The summed E-state index contributed by atoms with van der Waals surface area (Å²) in [5.74, 6) is -3.69. The Kier molecular flexibility index (Phi) is 6.91. The highest BCUT2D eigenvalue weighted by atomic mass is 32.2. The van der Waals surface area contributed by atoms with Crippen LogP contribution >= 0.6 is 11.8 Å². The Morgan fingerprint density at radius 3 is 2.41 bits per heavy atom. The average Bonchev–Trinajstić information content (AvgIpc) is 2.73. The largest absolute Gasteiger partial charge is 0.457 e. The van der Waals surface area contributed by atoms with Gasteiger partial charge in [-0.05, 0) is 53.7 Å². The van der Waals surface area contributed by atoms with E-state index in [2.05, 4.69) is 10.3 Å². The number of pyridine rings is 1. The van der Waals surface area contributed by atoms with Gasteiger partial charge in [-0.25, -0.2) is 9.78 Å². The van der Waals surface area contributed by atoms with Gasteiger partial charge < -0.3 is 10.1 Å². The number of nitrogens with zero attached hydrogens (tertiary/aromatic N) is 1. The molecule has 0 aliphatic rings. The summed E-state index contributed by atoms with van der Waals surface area (Å²) in [7, 11) is 0. The second kappa shape index (κ2) is 9.79. The van der Waals surface area contributed by atoms with Gasteiger partial charge in [0.15, 0.2) is 0 Å². The lowest BCUT2D eigenvalue weighted by Crippen LogP contribution is -2.12. The quantitative estimate of drug-likeness (QED) is 0.435. The fraction of sp³-hybridized carbons (Fsp3) is 0.0952. The van der Waals surface area contributed by atoms with Crippen molar-refractivity contribution in [1.29, 1.82) is 0 Å². The van der Waals surface area contributed by atoms with Crippen LogP contribution in [0.2, 0.25) is 0 Å². The topological polar surface area (TPSA) is 68.3 Å². The number of anilines is 1. The fourth-order valence-electron chi connectivity index (χ4n) is 2.43. The van der Waals surface area contributed by atoms with Gasteiger partial charge in [-0.2, -0.15) is 8.78 Å². The first-order valence-corrected chi connectivity index (χ1v) is 9.43. The molecule has 1 N–H and O–H groups in total. The van der Waals surface area contributed by atoms with Gasteiger partial charge in [0.25, 0.3) is 11.7 Å². The molecule has 0 radical (unpaired) electrons. The number of esters is 1. The first kappa shape index (κ1) is 20.5. The molecule has 8 heteroatoms. The number of amides is 1. The summed E-state index contributed by atoms with van der Waals surface area (Å²) in [5, 5.41) is 2.69. The summed E-state index contributed by atoms with van der Waals surface area (Å²) in [6.45, 7) is -0.0624. The summed E-state index contributed by atoms with van der Waals surface area (Å²) in [5.41, 5.74) is 1.77. The molecule has 0 saturated carbocycles. The molecule has 0 spiro atoms. The van der Waals surface area contributed by atoms with E-state index in [1.165, 1.54) is 18.3 Å². The van der Waals surface area contributed by atoms with E-state index in [0.717, 1.165) is 0 Å². The molecule has 0 saturated heterocycles. The number of carbonyl (C=O) groups excluding carboxylic acids is 2. The molecule has 1 aromatic heterocycles. The van der Waals surface area contributed by atoms with Gasteiger partial charge in [0.1, 0.15) is 11.6 Å². The summed E-state index contributed by atoms with van der Waals surface area (Å²) in [6, 6.07) is 18.5. The van der Waals surface area contributed by atoms with Crippen molar-refractivity contribution >= 4 is 29.3 Å². The normalized spacial score (nSPS) is 10.6. The van der Waals surface area contributed by atoms with E-state index in [4.69, 9.17) is 4.74 Å². The Morgan fingerprint density at radius 1 is 1.00 bits per heavy atom. The summed E-state index contributed by atoms with van der Waals surface area (Å²) >= 11 is 0.191. The summed E-state index contributed by atoms with van der Waals surface area (Å²) < 4.78 is 30.4. The highest BCUT2D eigenvalue weighted by Gasteiger charge is 2.18. The van der Waals surface area contributed by atoms with Gasteiger partial charge in [-0.1, -0.05) is 30.3 Å². The number of ether oxygens (including phenoxy) is 1. The van der Waals surface area contributed by atoms with Crippen LogP contribution in [0, 0.1) is 0 Å². The molecule has 1 amide bonds. The molecular weight excluding hydrogens is 398 g/mol. The molecule has 29 heavy (non-hydrogen) atoms. The van der Waals surface area contributed by atoms with Gasteiger partial charge in [0, 0.05) is 17.4 Å². The number of carbonyl (C=O) groups is 2. The molecule has 148 valence electrons. The summed E-state index contributed by atoms with van der Waals surface area (Å²) in [6.07, 6.45) is 1.33. The van der Waals surface area contributed by atoms with Crippen LogP contribution in [0.3, 0.4) is 0 Å². The van der Waals surface area contributed by atoms with Crippen molar-refractivity contribution in [3.63, 3.8) is 0 Å². The SMILES string of the molecule is O=C(Nc1ccccc1)c1ccc(COC(=O)c2cccnc2SC(F)F)cc1. The van der Waals surface area contributed by atoms with Crippen LogP contribution in [0.15, 0.2) is 78.0 Å². The third kappa shape index (κ3) is 5.86.